The predicted molar refractivity (Wildman–Crippen MR) is 52.9 cm³/mol. The Morgan fingerprint density at radius 1 is 1.57 bits per heavy atom. The number of esters is 1. The maximum atomic E-state index is 11.5. The number of likely N-dealkylation sites (N-methyl/N-ethyl adjacent to an activating group) is 1. The molecule has 0 aliphatic carbocycles. The lowest BCUT2D eigenvalue weighted by atomic mass is 9.93. The van der Waals surface area contributed by atoms with Crippen LogP contribution in [0, 0.1) is 5.92 Å². The van der Waals surface area contributed by atoms with Crippen LogP contribution in [0.3, 0.4) is 0 Å². The van der Waals surface area contributed by atoms with Gasteiger partial charge in [-0.3, -0.25) is 9.69 Å². The summed E-state index contributed by atoms with van der Waals surface area (Å²) in [4.78, 5) is 13.7. The van der Waals surface area contributed by atoms with Gasteiger partial charge in [-0.25, -0.2) is 0 Å². The molecule has 14 heavy (non-hydrogen) atoms. The third-order valence-corrected chi connectivity index (χ3v) is 3.58. The zero-order valence-corrected chi connectivity index (χ0v) is 8.82. The highest BCUT2D eigenvalue weighted by atomic mass is 16.5. The first kappa shape index (κ1) is 9.93. The number of fused-ring (bicyclic) bond motifs is 1. The molecule has 3 unspecified atom stereocenters. The summed E-state index contributed by atoms with van der Waals surface area (Å²) in [5.41, 5.74) is 0. The van der Waals surface area contributed by atoms with Gasteiger partial charge in [0.15, 0.2) is 0 Å². The number of nitrogens with one attached hydrogen (secondary N) is 1. The topological polar surface area (TPSA) is 41.6 Å². The molecule has 0 aromatic rings. The third kappa shape index (κ3) is 1.53. The van der Waals surface area contributed by atoms with Crippen LogP contribution in [0.1, 0.15) is 12.8 Å². The SMILES string of the molecule is COC(=O)C1CC2CNCCC2N1C. The summed E-state index contributed by atoms with van der Waals surface area (Å²) in [6, 6.07) is 0.551. The van der Waals surface area contributed by atoms with Crippen LogP contribution in [0.2, 0.25) is 0 Å². The van der Waals surface area contributed by atoms with Crippen LogP contribution < -0.4 is 5.32 Å². The molecule has 4 heteroatoms. The first-order valence-electron chi connectivity index (χ1n) is 5.24. The molecule has 2 fully saturated rings. The molecule has 0 radical (unpaired) electrons. The number of hydrogen-bond acceptors (Lipinski definition) is 4. The van der Waals surface area contributed by atoms with Gasteiger partial charge in [-0.2, -0.15) is 0 Å². The summed E-state index contributed by atoms with van der Waals surface area (Å²) in [7, 11) is 3.51. The fraction of sp³-hybridized carbons (Fsp3) is 0.900. The monoisotopic (exact) mass is 198 g/mol. The van der Waals surface area contributed by atoms with Gasteiger partial charge in [-0.15, -0.1) is 0 Å². The molecular weight excluding hydrogens is 180 g/mol. The Morgan fingerprint density at radius 2 is 2.36 bits per heavy atom. The average Bonchev–Trinajstić information content (AvgIpc) is 2.56. The van der Waals surface area contributed by atoms with Gasteiger partial charge in [0.2, 0.25) is 0 Å². The number of ether oxygens (including phenoxy) is 1. The molecule has 2 saturated heterocycles. The van der Waals surface area contributed by atoms with Crippen LogP contribution in [0.4, 0.5) is 0 Å². The standard InChI is InChI=1S/C10H18N2O2/c1-12-8-3-4-11-6-7(8)5-9(12)10(13)14-2/h7-9,11H,3-6H2,1-2H3. The first-order valence-corrected chi connectivity index (χ1v) is 5.24. The van der Waals surface area contributed by atoms with Crippen molar-refractivity contribution in [3.05, 3.63) is 0 Å². The lowest BCUT2D eigenvalue weighted by Crippen LogP contribution is -2.44. The molecular formula is C10H18N2O2. The van der Waals surface area contributed by atoms with Crippen molar-refractivity contribution in [3.8, 4) is 0 Å². The smallest absolute Gasteiger partial charge is 0.323 e. The molecule has 0 spiro atoms. The Morgan fingerprint density at radius 3 is 3.00 bits per heavy atom. The predicted octanol–water partition coefficient (Wildman–Crippen LogP) is -0.158. The lowest BCUT2D eigenvalue weighted by Gasteiger charge is -2.30. The van der Waals surface area contributed by atoms with Gasteiger partial charge in [0.1, 0.15) is 6.04 Å². The minimum atomic E-state index is -0.0816. The van der Waals surface area contributed by atoms with Crippen molar-refractivity contribution in [2.75, 3.05) is 27.2 Å². The van der Waals surface area contributed by atoms with Gasteiger partial charge in [0, 0.05) is 6.04 Å². The zero-order valence-electron chi connectivity index (χ0n) is 8.82. The summed E-state index contributed by atoms with van der Waals surface area (Å²) in [5, 5.41) is 3.38. The molecule has 0 amide bonds. The second-order valence-corrected chi connectivity index (χ2v) is 4.26. The third-order valence-electron chi connectivity index (χ3n) is 3.58. The van der Waals surface area contributed by atoms with Gasteiger partial charge < -0.3 is 10.1 Å². The van der Waals surface area contributed by atoms with E-state index in [2.05, 4.69) is 10.2 Å². The van der Waals surface area contributed by atoms with Crippen molar-refractivity contribution in [2.45, 2.75) is 24.9 Å². The van der Waals surface area contributed by atoms with Gasteiger partial charge in [-0.05, 0) is 38.9 Å². The number of carbonyl (C=O) groups is 1. The highest BCUT2D eigenvalue weighted by Crippen LogP contribution is 2.32. The van der Waals surface area contributed by atoms with Crippen molar-refractivity contribution in [1.82, 2.24) is 10.2 Å². The number of methoxy groups -OCH3 is 1. The molecule has 2 heterocycles. The average molecular weight is 198 g/mol. The molecule has 2 aliphatic rings. The van der Waals surface area contributed by atoms with Gasteiger partial charge in [0.05, 0.1) is 7.11 Å². The second-order valence-electron chi connectivity index (χ2n) is 4.26. The van der Waals surface area contributed by atoms with E-state index in [0.717, 1.165) is 25.9 Å². The maximum Gasteiger partial charge on any atom is 0.323 e. The van der Waals surface area contributed by atoms with E-state index < -0.39 is 0 Å². The van der Waals surface area contributed by atoms with E-state index >= 15 is 0 Å². The zero-order chi connectivity index (χ0) is 10.1. The van der Waals surface area contributed by atoms with E-state index in [1.165, 1.54) is 7.11 Å². The van der Waals surface area contributed by atoms with Crippen molar-refractivity contribution >= 4 is 5.97 Å². The Balaban J connectivity index is 2.06. The molecule has 2 aliphatic heterocycles. The molecule has 3 atom stereocenters. The van der Waals surface area contributed by atoms with E-state index in [-0.39, 0.29) is 12.0 Å². The minimum absolute atomic E-state index is 0.0186. The van der Waals surface area contributed by atoms with Gasteiger partial charge in [-0.1, -0.05) is 0 Å². The molecule has 80 valence electrons. The minimum Gasteiger partial charge on any atom is -0.468 e. The molecule has 0 aromatic heterocycles. The number of hydrogen-bond donors (Lipinski definition) is 1. The Bertz CT molecular complexity index is 232. The molecule has 0 saturated carbocycles. The van der Waals surface area contributed by atoms with E-state index in [1.807, 2.05) is 7.05 Å². The summed E-state index contributed by atoms with van der Waals surface area (Å²) in [6.45, 7) is 2.11. The first-order chi connectivity index (χ1) is 6.74. The summed E-state index contributed by atoms with van der Waals surface area (Å²) < 4.78 is 4.81. The molecule has 2 rings (SSSR count). The van der Waals surface area contributed by atoms with E-state index in [0.29, 0.717) is 12.0 Å². The van der Waals surface area contributed by atoms with Crippen molar-refractivity contribution < 1.29 is 9.53 Å². The van der Waals surface area contributed by atoms with Crippen molar-refractivity contribution in [3.63, 3.8) is 0 Å². The molecule has 1 N–H and O–H groups in total. The van der Waals surface area contributed by atoms with Crippen molar-refractivity contribution in [1.29, 1.82) is 0 Å². The number of carbonyl (C=O) groups excluding carboxylic acids is 1. The summed E-state index contributed by atoms with van der Waals surface area (Å²) in [5.74, 6) is 0.541. The number of rotatable bonds is 1. The van der Waals surface area contributed by atoms with Crippen LogP contribution in [0.25, 0.3) is 0 Å². The summed E-state index contributed by atoms with van der Waals surface area (Å²) >= 11 is 0. The molecule has 0 bridgehead atoms. The second kappa shape index (κ2) is 3.87. The Hall–Kier alpha value is -0.610. The van der Waals surface area contributed by atoms with Crippen LogP contribution in [0.15, 0.2) is 0 Å². The number of likely N-dealkylation sites (tertiary alicyclic amines) is 1. The van der Waals surface area contributed by atoms with Crippen molar-refractivity contribution in [2.24, 2.45) is 5.92 Å². The van der Waals surface area contributed by atoms with Crippen LogP contribution in [0.5, 0.6) is 0 Å². The van der Waals surface area contributed by atoms with Crippen LogP contribution in [-0.2, 0) is 9.53 Å². The highest BCUT2D eigenvalue weighted by Gasteiger charge is 2.43. The maximum absolute atomic E-state index is 11.5. The quantitative estimate of drug-likeness (QED) is 0.595. The van der Waals surface area contributed by atoms with Gasteiger partial charge >= 0.3 is 5.97 Å². The fourth-order valence-electron chi connectivity index (χ4n) is 2.77. The summed E-state index contributed by atoms with van der Waals surface area (Å²) in [6.07, 6.45) is 2.09. The highest BCUT2D eigenvalue weighted by molar-refractivity contribution is 5.76. The van der Waals surface area contributed by atoms with E-state index in [9.17, 15) is 4.79 Å². The largest absolute Gasteiger partial charge is 0.468 e. The number of nitrogens with zero attached hydrogens (tertiary/aromatic N) is 1. The normalized spacial score (nSPS) is 38.0. The Labute approximate surface area is 84.6 Å². The van der Waals surface area contributed by atoms with E-state index in [1.54, 1.807) is 0 Å². The fourth-order valence-corrected chi connectivity index (χ4v) is 2.77. The molecule has 0 aromatic carbocycles. The van der Waals surface area contributed by atoms with E-state index in [4.69, 9.17) is 4.74 Å². The van der Waals surface area contributed by atoms with Crippen LogP contribution >= 0.6 is 0 Å². The number of piperidine rings is 1. The molecule has 4 nitrogen and oxygen atoms in total. The Kier molecular flexibility index (Phi) is 2.74. The lowest BCUT2D eigenvalue weighted by molar-refractivity contribution is -0.145. The van der Waals surface area contributed by atoms with Gasteiger partial charge in [0.25, 0.3) is 0 Å². The van der Waals surface area contributed by atoms with Crippen LogP contribution in [-0.4, -0.2) is 50.2 Å².